The molecule has 0 fully saturated rings. The van der Waals surface area contributed by atoms with Crippen LogP contribution in [0.5, 0.6) is 0 Å². The Balaban J connectivity index is 2.45. The summed E-state index contributed by atoms with van der Waals surface area (Å²) in [7, 11) is -4.03. The van der Waals surface area contributed by atoms with Crippen LogP contribution in [0.3, 0.4) is 0 Å². The summed E-state index contributed by atoms with van der Waals surface area (Å²) >= 11 is 0. The van der Waals surface area contributed by atoms with E-state index < -0.39 is 45.2 Å². The molecule has 0 saturated carbocycles. The van der Waals surface area contributed by atoms with E-state index in [1.165, 1.54) is 47.4 Å². The third kappa shape index (κ3) is 8.01. The first kappa shape index (κ1) is 28.7. The maximum Gasteiger partial charge on any atom is 0.271 e. The number of halogens is 1. The Hall–Kier alpha value is -3.54. The van der Waals surface area contributed by atoms with Crippen LogP contribution in [0.4, 0.5) is 15.8 Å². The molecule has 0 spiro atoms. The molecule has 10 nitrogen and oxygen atoms in total. The Morgan fingerprint density at radius 3 is 2.31 bits per heavy atom. The molecule has 0 aliphatic carbocycles. The number of nitro benzene ring substituents is 1. The zero-order chi connectivity index (χ0) is 27.0. The average Bonchev–Trinajstić information content (AvgIpc) is 2.81. The average molecular weight is 523 g/mol. The molecule has 0 aromatic heterocycles. The number of hydrogen-bond acceptors (Lipinski definition) is 6. The fourth-order valence-corrected chi connectivity index (χ4v) is 4.35. The molecule has 12 heteroatoms. The van der Waals surface area contributed by atoms with Crippen LogP contribution < -0.4 is 9.62 Å². The van der Waals surface area contributed by atoms with Gasteiger partial charge in [-0.05, 0) is 36.1 Å². The SMILES string of the molecule is CC[C@H](C(=O)NCC(C)C)N(Cc1ccc(F)cc1)C(=O)CN(c1cccc([N+](=O)[O-])c1)S(C)(=O)=O. The molecule has 0 aliphatic heterocycles. The maximum atomic E-state index is 13.5. The minimum atomic E-state index is -4.03. The van der Waals surface area contributed by atoms with Gasteiger partial charge in [-0.3, -0.25) is 24.0 Å². The van der Waals surface area contributed by atoms with Crippen LogP contribution >= 0.6 is 0 Å². The lowest BCUT2D eigenvalue weighted by Gasteiger charge is -2.33. The highest BCUT2D eigenvalue weighted by molar-refractivity contribution is 7.92. The molecule has 0 saturated heterocycles. The van der Waals surface area contributed by atoms with Crippen LogP contribution in [0.15, 0.2) is 48.5 Å². The van der Waals surface area contributed by atoms with Gasteiger partial charge in [-0.15, -0.1) is 0 Å². The second kappa shape index (κ2) is 12.4. The molecule has 0 heterocycles. The summed E-state index contributed by atoms with van der Waals surface area (Å²) in [5, 5.41) is 14.0. The normalized spacial score (nSPS) is 12.2. The Kier molecular flexibility index (Phi) is 9.91. The van der Waals surface area contributed by atoms with Crippen LogP contribution in [-0.4, -0.2) is 55.4 Å². The van der Waals surface area contributed by atoms with Crippen molar-refractivity contribution in [2.24, 2.45) is 5.92 Å². The first-order chi connectivity index (χ1) is 16.8. The quantitative estimate of drug-likeness (QED) is 0.337. The van der Waals surface area contributed by atoms with Gasteiger partial charge in [0.15, 0.2) is 0 Å². The van der Waals surface area contributed by atoms with Crippen molar-refractivity contribution in [3.8, 4) is 0 Å². The Morgan fingerprint density at radius 1 is 1.14 bits per heavy atom. The van der Waals surface area contributed by atoms with Crippen molar-refractivity contribution in [3.63, 3.8) is 0 Å². The van der Waals surface area contributed by atoms with Crippen molar-refractivity contribution >= 4 is 33.2 Å². The highest BCUT2D eigenvalue weighted by atomic mass is 32.2. The van der Waals surface area contributed by atoms with Gasteiger partial charge in [-0.1, -0.05) is 39.0 Å². The third-order valence-electron chi connectivity index (χ3n) is 5.34. The number of carbonyl (C=O) groups is 2. The minimum absolute atomic E-state index is 0.0564. The molecule has 0 unspecified atom stereocenters. The summed E-state index contributed by atoms with van der Waals surface area (Å²) in [6.07, 6.45) is 1.13. The van der Waals surface area contributed by atoms with Crippen LogP contribution in [0.1, 0.15) is 32.8 Å². The fourth-order valence-electron chi connectivity index (χ4n) is 3.50. The molecule has 196 valence electrons. The van der Waals surface area contributed by atoms with E-state index in [2.05, 4.69) is 5.32 Å². The van der Waals surface area contributed by atoms with Crippen molar-refractivity contribution in [2.45, 2.75) is 39.8 Å². The second-order valence-corrected chi connectivity index (χ2v) is 10.7. The van der Waals surface area contributed by atoms with Gasteiger partial charge in [0.25, 0.3) is 5.69 Å². The minimum Gasteiger partial charge on any atom is -0.354 e. The maximum absolute atomic E-state index is 13.5. The van der Waals surface area contributed by atoms with Crippen LogP contribution in [-0.2, 0) is 26.2 Å². The third-order valence-corrected chi connectivity index (χ3v) is 6.48. The Bertz CT molecular complexity index is 1190. The standard InChI is InChI=1S/C24H31FN4O6S/c1-5-22(24(31)26-14-17(2)3)27(15-18-9-11-19(25)12-10-18)23(30)16-28(36(4,34)35)20-7-6-8-21(13-20)29(32)33/h6-13,17,22H,5,14-16H2,1-4H3,(H,26,31)/t22-/m1/s1. The largest absolute Gasteiger partial charge is 0.354 e. The lowest BCUT2D eigenvalue weighted by atomic mass is 10.1. The Labute approximate surface area is 210 Å². The summed E-state index contributed by atoms with van der Waals surface area (Å²) in [6.45, 7) is 5.20. The molecule has 2 rings (SSSR count). The number of hydrogen-bond donors (Lipinski definition) is 1. The van der Waals surface area contributed by atoms with Gasteiger partial charge in [-0.2, -0.15) is 0 Å². The van der Waals surface area contributed by atoms with Crippen molar-refractivity contribution in [3.05, 3.63) is 70.0 Å². The van der Waals surface area contributed by atoms with Crippen molar-refractivity contribution in [1.29, 1.82) is 0 Å². The number of benzene rings is 2. The molecule has 36 heavy (non-hydrogen) atoms. The zero-order valence-corrected chi connectivity index (χ0v) is 21.5. The highest BCUT2D eigenvalue weighted by Gasteiger charge is 2.32. The second-order valence-electron chi connectivity index (χ2n) is 8.76. The van der Waals surface area contributed by atoms with E-state index in [4.69, 9.17) is 0 Å². The molecule has 1 N–H and O–H groups in total. The van der Waals surface area contributed by atoms with Gasteiger partial charge in [0.2, 0.25) is 21.8 Å². The van der Waals surface area contributed by atoms with Gasteiger partial charge >= 0.3 is 0 Å². The van der Waals surface area contributed by atoms with Crippen LogP contribution in [0.2, 0.25) is 0 Å². The summed E-state index contributed by atoms with van der Waals surface area (Å²) in [4.78, 5) is 38.3. The zero-order valence-electron chi connectivity index (χ0n) is 20.7. The van der Waals surface area contributed by atoms with E-state index in [1.807, 2.05) is 13.8 Å². The molecular weight excluding hydrogens is 491 g/mol. The van der Waals surface area contributed by atoms with E-state index in [-0.39, 0.29) is 30.3 Å². The molecule has 2 aromatic carbocycles. The molecular formula is C24H31FN4O6S. The molecule has 0 aliphatic rings. The van der Waals surface area contributed by atoms with Crippen molar-refractivity contribution in [2.75, 3.05) is 23.7 Å². The van der Waals surface area contributed by atoms with Gasteiger partial charge in [0.05, 0.1) is 16.9 Å². The number of nitrogens with zero attached hydrogens (tertiary/aromatic N) is 3. The lowest BCUT2D eigenvalue weighted by Crippen LogP contribution is -2.52. The molecule has 0 bridgehead atoms. The fraction of sp³-hybridized carbons (Fsp3) is 0.417. The number of nitrogens with one attached hydrogen (secondary N) is 1. The first-order valence-corrected chi connectivity index (χ1v) is 13.2. The van der Waals surface area contributed by atoms with E-state index >= 15 is 0 Å². The number of carbonyl (C=O) groups excluding carboxylic acids is 2. The summed E-state index contributed by atoms with van der Waals surface area (Å²) in [5.74, 6) is -1.39. The number of non-ortho nitro benzene ring substituents is 1. The van der Waals surface area contributed by atoms with Gasteiger partial charge < -0.3 is 10.2 Å². The monoisotopic (exact) mass is 522 g/mol. The van der Waals surface area contributed by atoms with E-state index in [9.17, 15) is 32.5 Å². The van der Waals surface area contributed by atoms with E-state index in [0.29, 0.717) is 12.1 Å². The number of anilines is 1. The topological polar surface area (TPSA) is 130 Å². The number of rotatable bonds is 12. The highest BCUT2D eigenvalue weighted by Crippen LogP contribution is 2.24. The van der Waals surface area contributed by atoms with Gasteiger partial charge in [0, 0.05) is 25.2 Å². The summed E-state index contributed by atoms with van der Waals surface area (Å²) in [5.41, 5.74) is 0.150. The van der Waals surface area contributed by atoms with Crippen molar-refractivity contribution < 1.29 is 27.3 Å². The van der Waals surface area contributed by atoms with E-state index in [0.717, 1.165) is 16.6 Å². The lowest BCUT2D eigenvalue weighted by molar-refractivity contribution is -0.384. The predicted molar refractivity (Wildman–Crippen MR) is 134 cm³/mol. The molecule has 0 radical (unpaired) electrons. The van der Waals surface area contributed by atoms with Gasteiger partial charge in [0.1, 0.15) is 18.4 Å². The molecule has 2 amide bonds. The summed E-state index contributed by atoms with van der Waals surface area (Å²) < 4.78 is 39.4. The van der Waals surface area contributed by atoms with Crippen molar-refractivity contribution in [1.82, 2.24) is 10.2 Å². The van der Waals surface area contributed by atoms with E-state index in [1.54, 1.807) is 6.92 Å². The van der Waals surface area contributed by atoms with Gasteiger partial charge in [-0.25, -0.2) is 12.8 Å². The van der Waals surface area contributed by atoms with Crippen LogP contribution in [0, 0.1) is 21.8 Å². The molecule has 2 aromatic rings. The molecule has 1 atom stereocenters. The smallest absolute Gasteiger partial charge is 0.271 e. The number of nitro groups is 1. The number of amides is 2. The first-order valence-electron chi connectivity index (χ1n) is 11.4. The Morgan fingerprint density at radius 2 is 1.78 bits per heavy atom. The van der Waals surface area contributed by atoms with Crippen LogP contribution in [0.25, 0.3) is 0 Å². The number of sulfonamides is 1. The predicted octanol–water partition coefficient (Wildman–Crippen LogP) is 3.08. The summed E-state index contributed by atoms with van der Waals surface area (Å²) in [6, 6.07) is 9.41.